The van der Waals surface area contributed by atoms with E-state index in [9.17, 15) is 13.2 Å². The number of amides is 1. The lowest BCUT2D eigenvalue weighted by molar-refractivity contribution is 0.0950. The third kappa shape index (κ3) is 4.62. The van der Waals surface area contributed by atoms with E-state index >= 15 is 0 Å². The molecule has 1 aliphatic heterocycles. The van der Waals surface area contributed by atoms with Crippen LogP contribution in [-0.4, -0.2) is 31.7 Å². The van der Waals surface area contributed by atoms with Gasteiger partial charge in [-0.25, -0.2) is 8.42 Å². The molecule has 28 heavy (non-hydrogen) atoms. The Bertz CT molecular complexity index is 946. The fraction of sp³-hybridized carbons (Fsp3) is 0.409. The van der Waals surface area contributed by atoms with Crippen molar-refractivity contribution in [2.45, 2.75) is 51.0 Å². The molecule has 0 aromatic heterocycles. The number of benzene rings is 2. The van der Waals surface area contributed by atoms with Crippen LogP contribution in [0.1, 0.15) is 52.7 Å². The number of carbonyl (C=O) groups excluding carboxylic acids is 1. The smallest absolute Gasteiger partial charge is 0.251 e. The highest BCUT2D eigenvalue weighted by molar-refractivity contribution is 7.89. The molecule has 3 rings (SSSR count). The molecular weight excluding hydrogens is 372 g/mol. The third-order valence-electron chi connectivity index (χ3n) is 5.33. The van der Waals surface area contributed by atoms with Crippen LogP contribution >= 0.6 is 0 Å². The van der Waals surface area contributed by atoms with Gasteiger partial charge in [-0.2, -0.15) is 4.31 Å². The molecule has 0 atom stereocenters. The van der Waals surface area contributed by atoms with E-state index in [0.717, 1.165) is 36.8 Å². The number of hydrogen-bond donors (Lipinski definition) is 1. The molecule has 1 amide bonds. The average Bonchev–Trinajstić information content (AvgIpc) is 2.97. The molecule has 2 aromatic carbocycles. The van der Waals surface area contributed by atoms with E-state index in [-0.39, 0.29) is 10.8 Å². The molecule has 0 bridgehead atoms. The molecule has 150 valence electrons. The summed E-state index contributed by atoms with van der Waals surface area (Å²) in [5.41, 5.74) is 3.18. The average molecular weight is 401 g/mol. The summed E-state index contributed by atoms with van der Waals surface area (Å²) in [6, 6.07) is 12.8. The van der Waals surface area contributed by atoms with Crippen LogP contribution < -0.4 is 5.32 Å². The van der Waals surface area contributed by atoms with Crippen LogP contribution in [-0.2, 0) is 16.6 Å². The van der Waals surface area contributed by atoms with E-state index in [1.54, 1.807) is 23.4 Å². The zero-order chi connectivity index (χ0) is 20.1. The van der Waals surface area contributed by atoms with Gasteiger partial charge in [-0.3, -0.25) is 4.79 Å². The molecule has 1 heterocycles. The summed E-state index contributed by atoms with van der Waals surface area (Å²) in [5, 5.41) is 2.90. The van der Waals surface area contributed by atoms with Crippen molar-refractivity contribution in [2.24, 2.45) is 0 Å². The lowest BCUT2D eigenvalue weighted by Crippen LogP contribution is -2.32. The van der Waals surface area contributed by atoms with Gasteiger partial charge in [-0.05, 0) is 55.5 Å². The van der Waals surface area contributed by atoms with Gasteiger partial charge in [0, 0.05) is 25.2 Å². The normalized spacial score (nSPS) is 15.8. The van der Waals surface area contributed by atoms with Gasteiger partial charge in [-0.15, -0.1) is 0 Å². The molecule has 2 aromatic rings. The molecule has 0 aliphatic carbocycles. The molecule has 0 unspecified atom stereocenters. The topological polar surface area (TPSA) is 66.5 Å². The first-order valence-electron chi connectivity index (χ1n) is 9.83. The molecule has 1 fully saturated rings. The molecule has 1 aliphatic rings. The number of carbonyl (C=O) groups is 1. The van der Waals surface area contributed by atoms with Gasteiger partial charge in [0.1, 0.15) is 0 Å². The van der Waals surface area contributed by atoms with E-state index in [1.165, 1.54) is 6.07 Å². The predicted octanol–water partition coefficient (Wildman–Crippen LogP) is 3.80. The van der Waals surface area contributed by atoms with Crippen LogP contribution in [0, 0.1) is 13.8 Å². The zero-order valence-electron chi connectivity index (χ0n) is 16.6. The maximum Gasteiger partial charge on any atom is 0.251 e. The van der Waals surface area contributed by atoms with Crippen molar-refractivity contribution in [3.63, 3.8) is 0 Å². The Hall–Kier alpha value is -2.18. The van der Waals surface area contributed by atoms with E-state index in [2.05, 4.69) is 5.32 Å². The maximum absolute atomic E-state index is 13.2. The Morgan fingerprint density at radius 1 is 0.964 bits per heavy atom. The van der Waals surface area contributed by atoms with Crippen molar-refractivity contribution < 1.29 is 13.2 Å². The summed E-state index contributed by atoms with van der Waals surface area (Å²) in [7, 11) is -3.59. The lowest BCUT2D eigenvalue weighted by atomic mass is 10.1. The highest BCUT2D eigenvalue weighted by Gasteiger charge is 2.27. The fourth-order valence-corrected chi connectivity index (χ4v) is 5.29. The monoisotopic (exact) mass is 400 g/mol. The quantitative estimate of drug-likeness (QED) is 0.830. The second-order valence-corrected chi connectivity index (χ2v) is 9.31. The van der Waals surface area contributed by atoms with Gasteiger partial charge >= 0.3 is 0 Å². The van der Waals surface area contributed by atoms with Crippen LogP contribution in [0.15, 0.2) is 47.4 Å². The molecule has 0 saturated carbocycles. The first-order chi connectivity index (χ1) is 13.4. The third-order valence-corrected chi connectivity index (χ3v) is 7.37. The van der Waals surface area contributed by atoms with Gasteiger partial charge in [0.15, 0.2) is 0 Å². The Morgan fingerprint density at radius 2 is 1.64 bits per heavy atom. The van der Waals surface area contributed by atoms with Crippen molar-refractivity contribution in [3.8, 4) is 0 Å². The Balaban J connectivity index is 1.80. The van der Waals surface area contributed by atoms with Crippen LogP contribution in [0.3, 0.4) is 0 Å². The van der Waals surface area contributed by atoms with E-state index in [0.29, 0.717) is 30.8 Å². The van der Waals surface area contributed by atoms with E-state index < -0.39 is 10.0 Å². The number of aryl methyl sites for hydroxylation is 2. The van der Waals surface area contributed by atoms with E-state index in [1.807, 2.05) is 31.2 Å². The van der Waals surface area contributed by atoms with Gasteiger partial charge in [0.05, 0.1) is 4.90 Å². The summed E-state index contributed by atoms with van der Waals surface area (Å²) >= 11 is 0. The maximum atomic E-state index is 13.2. The first-order valence-corrected chi connectivity index (χ1v) is 11.3. The van der Waals surface area contributed by atoms with Crippen molar-refractivity contribution in [1.82, 2.24) is 9.62 Å². The van der Waals surface area contributed by atoms with E-state index in [4.69, 9.17) is 0 Å². The highest BCUT2D eigenvalue weighted by atomic mass is 32.2. The van der Waals surface area contributed by atoms with Crippen molar-refractivity contribution in [2.75, 3.05) is 13.1 Å². The minimum Gasteiger partial charge on any atom is -0.348 e. The number of rotatable bonds is 5. The van der Waals surface area contributed by atoms with Crippen LogP contribution in [0.25, 0.3) is 0 Å². The number of sulfonamides is 1. The summed E-state index contributed by atoms with van der Waals surface area (Å²) in [6.45, 7) is 5.28. The minimum atomic E-state index is -3.59. The second-order valence-electron chi connectivity index (χ2n) is 7.41. The SMILES string of the molecule is Cc1ccccc1CNC(=O)c1ccc(C)c(S(=O)(=O)N2CCCCCC2)c1. The predicted molar refractivity (Wildman–Crippen MR) is 111 cm³/mol. The number of hydrogen-bond acceptors (Lipinski definition) is 3. The molecule has 6 heteroatoms. The summed E-state index contributed by atoms with van der Waals surface area (Å²) in [6.07, 6.45) is 3.89. The van der Waals surface area contributed by atoms with Gasteiger partial charge in [0.2, 0.25) is 10.0 Å². The fourth-order valence-electron chi connectivity index (χ4n) is 3.53. The molecule has 1 saturated heterocycles. The van der Waals surface area contributed by atoms with Gasteiger partial charge < -0.3 is 5.32 Å². The molecule has 5 nitrogen and oxygen atoms in total. The molecule has 0 radical (unpaired) electrons. The zero-order valence-corrected chi connectivity index (χ0v) is 17.4. The molecule has 0 spiro atoms. The molecule has 1 N–H and O–H groups in total. The Kier molecular flexibility index (Phi) is 6.52. The largest absolute Gasteiger partial charge is 0.348 e. The molecular formula is C22H28N2O3S. The summed E-state index contributed by atoms with van der Waals surface area (Å²) in [5.74, 6) is -0.268. The Morgan fingerprint density at radius 3 is 2.32 bits per heavy atom. The Labute approximate surface area is 167 Å². The lowest BCUT2D eigenvalue weighted by Gasteiger charge is -2.21. The van der Waals surface area contributed by atoms with Crippen LogP contribution in [0.5, 0.6) is 0 Å². The van der Waals surface area contributed by atoms with Crippen LogP contribution in [0.2, 0.25) is 0 Å². The number of nitrogens with zero attached hydrogens (tertiary/aromatic N) is 1. The van der Waals surface area contributed by atoms with Crippen molar-refractivity contribution in [3.05, 3.63) is 64.7 Å². The number of nitrogens with one attached hydrogen (secondary N) is 1. The highest BCUT2D eigenvalue weighted by Crippen LogP contribution is 2.24. The van der Waals surface area contributed by atoms with Crippen molar-refractivity contribution >= 4 is 15.9 Å². The minimum absolute atomic E-state index is 0.234. The standard InChI is InChI=1S/C22H28N2O3S/c1-17-9-5-6-10-20(17)16-23-22(25)19-12-11-18(2)21(15-19)28(26,27)24-13-7-3-4-8-14-24/h5-6,9-12,15H,3-4,7-8,13-14,16H2,1-2H3,(H,23,25). The summed E-state index contributed by atoms with van der Waals surface area (Å²) < 4.78 is 27.9. The summed E-state index contributed by atoms with van der Waals surface area (Å²) in [4.78, 5) is 12.9. The van der Waals surface area contributed by atoms with Crippen molar-refractivity contribution in [1.29, 1.82) is 0 Å². The van der Waals surface area contributed by atoms with Crippen LogP contribution in [0.4, 0.5) is 0 Å². The first kappa shape index (κ1) is 20.6. The van der Waals surface area contributed by atoms with Gasteiger partial charge in [-0.1, -0.05) is 43.2 Å². The van der Waals surface area contributed by atoms with Gasteiger partial charge in [0.25, 0.3) is 5.91 Å². The second kappa shape index (κ2) is 8.88.